The van der Waals surface area contributed by atoms with Gasteiger partial charge in [0, 0.05) is 6.07 Å². The molecule has 2 aromatic rings. The molecule has 0 aliphatic heterocycles. The van der Waals surface area contributed by atoms with Crippen molar-refractivity contribution < 1.29 is 37.2 Å². The molecule has 1 amide bonds. The third-order valence-electron chi connectivity index (χ3n) is 3.71. The molecule has 0 unspecified atom stereocenters. The molecule has 0 fully saturated rings. The number of aryl methyl sites for hydroxylation is 1. The van der Waals surface area contributed by atoms with Gasteiger partial charge in [0.05, 0.1) is 17.6 Å². The van der Waals surface area contributed by atoms with E-state index in [1.165, 1.54) is 19.2 Å². The van der Waals surface area contributed by atoms with E-state index < -0.39 is 46.5 Å². The number of ether oxygens (including phenoxy) is 2. The van der Waals surface area contributed by atoms with E-state index in [1.54, 1.807) is 13.0 Å². The second-order valence-corrected chi connectivity index (χ2v) is 5.81. The lowest BCUT2D eigenvalue weighted by atomic mass is 10.1. The number of esters is 1. The van der Waals surface area contributed by atoms with Crippen molar-refractivity contribution in [2.24, 2.45) is 0 Å². The number of nitro groups is 1. The maximum absolute atomic E-state index is 12.7. The fourth-order valence-electron chi connectivity index (χ4n) is 2.34. The van der Waals surface area contributed by atoms with Gasteiger partial charge >= 0.3 is 12.1 Å². The monoisotopic (exact) mass is 412 g/mol. The highest BCUT2D eigenvalue weighted by Gasteiger charge is 2.33. The van der Waals surface area contributed by atoms with Crippen LogP contribution in [0.1, 0.15) is 21.5 Å². The molecule has 2 rings (SSSR count). The molecule has 154 valence electrons. The van der Waals surface area contributed by atoms with Crippen LogP contribution in [0.15, 0.2) is 36.4 Å². The van der Waals surface area contributed by atoms with E-state index in [9.17, 15) is 32.9 Å². The van der Waals surface area contributed by atoms with Crippen LogP contribution in [0.25, 0.3) is 0 Å². The molecule has 0 saturated heterocycles. The smallest absolute Gasteiger partial charge is 0.416 e. The van der Waals surface area contributed by atoms with Gasteiger partial charge in [0.2, 0.25) is 0 Å². The number of carbonyl (C=O) groups is 2. The van der Waals surface area contributed by atoms with Gasteiger partial charge in [0.25, 0.3) is 11.6 Å². The number of alkyl halides is 3. The molecule has 0 aliphatic rings. The van der Waals surface area contributed by atoms with Gasteiger partial charge in [-0.05, 0) is 31.2 Å². The Bertz CT molecular complexity index is 959. The Labute approximate surface area is 162 Å². The second kappa shape index (κ2) is 8.59. The summed E-state index contributed by atoms with van der Waals surface area (Å²) >= 11 is 0. The van der Waals surface area contributed by atoms with E-state index in [-0.39, 0.29) is 11.3 Å². The van der Waals surface area contributed by atoms with Crippen molar-refractivity contribution in [1.29, 1.82) is 0 Å². The summed E-state index contributed by atoms with van der Waals surface area (Å²) in [6.07, 6.45) is -4.78. The number of nitrogens with zero attached hydrogens (tertiary/aromatic N) is 1. The number of nitrogens with one attached hydrogen (secondary N) is 1. The Morgan fingerprint density at radius 1 is 1.17 bits per heavy atom. The van der Waals surface area contributed by atoms with Crippen molar-refractivity contribution >= 4 is 23.3 Å². The van der Waals surface area contributed by atoms with Gasteiger partial charge in [-0.3, -0.25) is 14.9 Å². The molecule has 1 N–H and O–H groups in total. The van der Waals surface area contributed by atoms with Crippen LogP contribution in [0, 0.1) is 17.0 Å². The molecule has 2 aromatic carbocycles. The predicted octanol–water partition coefficient (Wildman–Crippen LogP) is 3.73. The number of hydrogen-bond donors (Lipinski definition) is 1. The molecule has 0 bridgehead atoms. The summed E-state index contributed by atoms with van der Waals surface area (Å²) in [6, 6.07) is 6.37. The highest BCUT2D eigenvalue weighted by molar-refractivity contribution is 5.97. The third-order valence-corrected chi connectivity index (χ3v) is 3.71. The summed E-state index contributed by atoms with van der Waals surface area (Å²) in [5, 5.41) is 13.1. The van der Waals surface area contributed by atoms with E-state index >= 15 is 0 Å². The van der Waals surface area contributed by atoms with Gasteiger partial charge in [0.1, 0.15) is 17.0 Å². The van der Waals surface area contributed by atoms with Gasteiger partial charge in [-0.2, -0.15) is 13.2 Å². The van der Waals surface area contributed by atoms with Crippen molar-refractivity contribution in [3.8, 4) is 5.75 Å². The van der Waals surface area contributed by atoms with E-state index in [0.29, 0.717) is 12.1 Å². The third kappa shape index (κ3) is 5.43. The van der Waals surface area contributed by atoms with E-state index in [0.717, 1.165) is 11.6 Å². The lowest BCUT2D eigenvalue weighted by Crippen LogP contribution is -2.22. The van der Waals surface area contributed by atoms with Crippen molar-refractivity contribution in [3.05, 3.63) is 63.2 Å². The Morgan fingerprint density at radius 2 is 1.86 bits per heavy atom. The maximum Gasteiger partial charge on any atom is 0.416 e. The first-order valence-corrected chi connectivity index (χ1v) is 8.00. The molecule has 0 aliphatic carbocycles. The predicted molar refractivity (Wildman–Crippen MR) is 94.7 cm³/mol. The molecule has 0 aromatic heterocycles. The molecule has 0 saturated carbocycles. The SMILES string of the molecule is COc1ccc(C)cc1C(=O)OCC(=O)Nc1ccc(C(F)(F)F)cc1[N+](=O)[O-]. The number of amides is 1. The Balaban J connectivity index is 2.11. The summed E-state index contributed by atoms with van der Waals surface area (Å²) in [4.78, 5) is 34.1. The number of nitro benzene ring substituents is 1. The molecule has 0 heterocycles. The Kier molecular flexibility index (Phi) is 6.42. The number of benzene rings is 2. The molecular formula is C18H15F3N2O6. The maximum atomic E-state index is 12.7. The zero-order chi connectivity index (χ0) is 21.8. The van der Waals surface area contributed by atoms with Gasteiger partial charge in [-0.1, -0.05) is 11.6 Å². The fourth-order valence-corrected chi connectivity index (χ4v) is 2.34. The fraction of sp³-hybridized carbons (Fsp3) is 0.222. The summed E-state index contributed by atoms with van der Waals surface area (Å²) in [5.41, 5.74) is -1.83. The van der Waals surface area contributed by atoms with Crippen LogP contribution in [0.3, 0.4) is 0 Å². The van der Waals surface area contributed by atoms with Crippen LogP contribution < -0.4 is 10.1 Å². The number of carbonyl (C=O) groups excluding carboxylic acids is 2. The van der Waals surface area contributed by atoms with Crippen molar-refractivity contribution in [2.75, 3.05) is 19.0 Å². The molecular weight excluding hydrogens is 397 g/mol. The molecule has 11 heteroatoms. The first-order valence-electron chi connectivity index (χ1n) is 8.00. The van der Waals surface area contributed by atoms with Gasteiger partial charge in [0.15, 0.2) is 6.61 Å². The van der Waals surface area contributed by atoms with Gasteiger partial charge in [-0.15, -0.1) is 0 Å². The van der Waals surface area contributed by atoms with Crippen LogP contribution in [0.5, 0.6) is 5.75 Å². The average Bonchev–Trinajstić information content (AvgIpc) is 2.65. The summed E-state index contributed by atoms with van der Waals surface area (Å²) in [5.74, 6) is -1.62. The lowest BCUT2D eigenvalue weighted by Gasteiger charge is -2.11. The molecule has 0 radical (unpaired) electrons. The quantitative estimate of drug-likeness (QED) is 0.440. The first kappa shape index (κ1) is 21.7. The molecule has 0 spiro atoms. The highest BCUT2D eigenvalue weighted by Crippen LogP contribution is 2.35. The average molecular weight is 412 g/mol. The van der Waals surface area contributed by atoms with Gasteiger partial charge < -0.3 is 14.8 Å². The van der Waals surface area contributed by atoms with Crippen molar-refractivity contribution in [3.63, 3.8) is 0 Å². The van der Waals surface area contributed by atoms with E-state index in [4.69, 9.17) is 9.47 Å². The molecule has 29 heavy (non-hydrogen) atoms. The first-order chi connectivity index (χ1) is 13.5. The van der Waals surface area contributed by atoms with E-state index in [1.807, 2.05) is 0 Å². The normalized spacial score (nSPS) is 10.9. The topological polar surface area (TPSA) is 108 Å². The van der Waals surface area contributed by atoms with Gasteiger partial charge in [-0.25, -0.2) is 4.79 Å². The second-order valence-electron chi connectivity index (χ2n) is 5.81. The van der Waals surface area contributed by atoms with Crippen LogP contribution >= 0.6 is 0 Å². The van der Waals surface area contributed by atoms with Crippen molar-refractivity contribution in [1.82, 2.24) is 0 Å². The van der Waals surface area contributed by atoms with Crippen molar-refractivity contribution in [2.45, 2.75) is 13.1 Å². The number of anilines is 1. The number of rotatable bonds is 6. The standard InChI is InChI=1S/C18H15F3N2O6/c1-10-3-6-15(28-2)12(7-10)17(25)29-9-16(24)22-13-5-4-11(18(19,20)21)8-14(13)23(26)27/h3-8H,9H2,1-2H3,(H,22,24). The Morgan fingerprint density at radius 3 is 2.45 bits per heavy atom. The summed E-state index contributed by atoms with van der Waals surface area (Å²) < 4.78 is 48.0. The van der Waals surface area contributed by atoms with Crippen LogP contribution in [0.4, 0.5) is 24.5 Å². The Hall–Kier alpha value is -3.63. The zero-order valence-corrected chi connectivity index (χ0v) is 15.2. The minimum atomic E-state index is -4.78. The van der Waals surface area contributed by atoms with Crippen LogP contribution in [0.2, 0.25) is 0 Å². The molecule has 8 nitrogen and oxygen atoms in total. The highest BCUT2D eigenvalue weighted by atomic mass is 19.4. The number of halogens is 3. The number of hydrogen-bond acceptors (Lipinski definition) is 6. The largest absolute Gasteiger partial charge is 0.496 e. The lowest BCUT2D eigenvalue weighted by molar-refractivity contribution is -0.384. The minimum absolute atomic E-state index is 0.0702. The van der Waals surface area contributed by atoms with Crippen LogP contribution in [-0.2, 0) is 15.7 Å². The molecule has 0 atom stereocenters. The van der Waals surface area contributed by atoms with E-state index in [2.05, 4.69) is 5.32 Å². The minimum Gasteiger partial charge on any atom is -0.496 e. The summed E-state index contributed by atoms with van der Waals surface area (Å²) in [6.45, 7) is 0.917. The van der Waals surface area contributed by atoms with Crippen LogP contribution in [-0.4, -0.2) is 30.5 Å². The summed E-state index contributed by atoms with van der Waals surface area (Å²) in [7, 11) is 1.35. The zero-order valence-electron chi connectivity index (χ0n) is 15.2. The number of methoxy groups -OCH3 is 1.